The van der Waals surface area contributed by atoms with E-state index in [0.717, 1.165) is 16.7 Å². The van der Waals surface area contributed by atoms with E-state index in [1.807, 2.05) is 54.6 Å². The van der Waals surface area contributed by atoms with E-state index in [0.29, 0.717) is 25.8 Å². The standard InChI is InChI=1S/C30H33N3O5/c31-26(18-20-10-2-1-3-11-20)28(34)33-27(29(35)36)16-8-9-17-32-30(37)38-19-25-23-14-6-4-12-21(23)22-13-5-7-15-24(22)25/h1-7,10-15,25-27H,8-9,16-19,31H2,(H,32,37)(H,33,34)(H,35,36)/t26-,27-/m0/s1. The predicted molar refractivity (Wildman–Crippen MR) is 145 cm³/mol. The molecule has 8 nitrogen and oxygen atoms in total. The van der Waals surface area contributed by atoms with Crippen LogP contribution in [-0.2, 0) is 20.7 Å². The number of alkyl carbamates (subject to hydrolysis) is 1. The average molecular weight is 516 g/mol. The Morgan fingerprint density at radius 2 is 1.47 bits per heavy atom. The zero-order valence-electron chi connectivity index (χ0n) is 21.1. The number of carbonyl (C=O) groups excluding carboxylic acids is 2. The van der Waals surface area contributed by atoms with Crippen molar-refractivity contribution >= 4 is 18.0 Å². The molecule has 0 unspecified atom stereocenters. The Kier molecular flexibility index (Phi) is 9.11. The van der Waals surface area contributed by atoms with Crippen LogP contribution in [0.1, 0.15) is 41.9 Å². The molecule has 1 aliphatic carbocycles. The molecule has 0 heterocycles. The topological polar surface area (TPSA) is 131 Å². The fourth-order valence-corrected chi connectivity index (χ4v) is 4.81. The number of fused-ring (bicyclic) bond motifs is 3. The van der Waals surface area contributed by atoms with Crippen molar-refractivity contribution in [3.8, 4) is 11.1 Å². The molecule has 2 amide bonds. The summed E-state index contributed by atoms with van der Waals surface area (Å²) in [5.74, 6) is -1.63. The molecule has 38 heavy (non-hydrogen) atoms. The van der Waals surface area contributed by atoms with Crippen LogP contribution in [0.15, 0.2) is 78.9 Å². The molecular weight excluding hydrogens is 482 g/mol. The summed E-state index contributed by atoms with van der Waals surface area (Å²) in [6, 6.07) is 23.7. The number of carbonyl (C=O) groups is 3. The van der Waals surface area contributed by atoms with Gasteiger partial charge in [-0.25, -0.2) is 9.59 Å². The van der Waals surface area contributed by atoms with Gasteiger partial charge in [0, 0.05) is 12.5 Å². The SMILES string of the molecule is N[C@@H](Cc1ccccc1)C(=O)N[C@@H](CCCCNC(=O)OCC1c2ccccc2-c2ccccc21)C(=O)O. The summed E-state index contributed by atoms with van der Waals surface area (Å²) >= 11 is 0. The van der Waals surface area contributed by atoms with Crippen molar-refractivity contribution < 1.29 is 24.2 Å². The first-order chi connectivity index (χ1) is 18.4. The number of carboxylic acids is 1. The van der Waals surface area contributed by atoms with Crippen LogP contribution in [0.4, 0.5) is 4.79 Å². The van der Waals surface area contributed by atoms with Gasteiger partial charge in [0.05, 0.1) is 6.04 Å². The minimum atomic E-state index is -1.12. The van der Waals surface area contributed by atoms with E-state index in [1.54, 1.807) is 0 Å². The normalized spacial score (nSPS) is 13.6. The quantitative estimate of drug-likeness (QED) is 0.271. The van der Waals surface area contributed by atoms with Gasteiger partial charge < -0.3 is 26.2 Å². The van der Waals surface area contributed by atoms with Crippen molar-refractivity contribution in [1.29, 1.82) is 0 Å². The summed E-state index contributed by atoms with van der Waals surface area (Å²) < 4.78 is 5.52. The van der Waals surface area contributed by atoms with E-state index >= 15 is 0 Å². The summed E-state index contributed by atoms with van der Waals surface area (Å²) in [6.45, 7) is 0.570. The van der Waals surface area contributed by atoms with Gasteiger partial charge in [-0.1, -0.05) is 78.9 Å². The van der Waals surface area contributed by atoms with E-state index in [2.05, 4.69) is 34.9 Å². The Hall–Kier alpha value is -4.17. The molecule has 8 heteroatoms. The number of rotatable bonds is 12. The molecule has 0 aromatic heterocycles. The van der Waals surface area contributed by atoms with Crippen molar-refractivity contribution in [3.05, 3.63) is 95.6 Å². The van der Waals surface area contributed by atoms with Crippen LogP contribution in [0.2, 0.25) is 0 Å². The molecule has 0 saturated heterocycles. The largest absolute Gasteiger partial charge is 0.480 e. The molecule has 0 aliphatic heterocycles. The summed E-state index contributed by atoms with van der Waals surface area (Å²) in [5.41, 5.74) is 11.5. The smallest absolute Gasteiger partial charge is 0.407 e. The van der Waals surface area contributed by atoms with Gasteiger partial charge in [0.1, 0.15) is 12.6 Å². The number of aliphatic carboxylic acids is 1. The van der Waals surface area contributed by atoms with Crippen molar-refractivity contribution in [1.82, 2.24) is 10.6 Å². The summed E-state index contributed by atoms with van der Waals surface area (Å²) in [7, 11) is 0. The van der Waals surface area contributed by atoms with Crippen LogP contribution in [0.5, 0.6) is 0 Å². The molecular formula is C30H33N3O5. The van der Waals surface area contributed by atoms with Crippen molar-refractivity contribution in [2.24, 2.45) is 5.73 Å². The van der Waals surface area contributed by atoms with E-state index in [4.69, 9.17) is 10.5 Å². The molecule has 198 valence electrons. The lowest BCUT2D eigenvalue weighted by Gasteiger charge is -2.18. The van der Waals surface area contributed by atoms with Crippen LogP contribution >= 0.6 is 0 Å². The Morgan fingerprint density at radius 1 is 0.868 bits per heavy atom. The second kappa shape index (κ2) is 12.9. The number of ether oxygens (including phenoxy) is 1. The minimum Gasteiger partial charge on any atom is -0.480 e. The number of carboxylic acid groups (broad SMARTS) is 1. The maximum absolute atomic E-state index is 12.4. The molecule has 0 bridgehead atoms. The highest BCUT2D eigenvalue weighted by molar-refractivity contribution is 5.87. The van der Waals surface area contributed by atoms with Gasteiger partial charge in [0.2, 0.25) is 5.91 Å². The Balaban J connectivity index is 1.17. The van der Waals surface area contributed by atoms with E-state index in [1.165, 1.54) is 11.1 Å². The van der Waals surface area contributed by atoms with Crippen LogP contribution in [0, 0.1) is 0 Å². The highest BCUT2D eigenvalue weighted by Crippen LogP contribution is 2.44. The number of amides is 2. The molecule has 0 fully saturated rings. The number of nitrogens with two attached hydrogens (primary N) is 1. The molecule has 0 spiro atoms. The Morgan fingerprint density at radius 3 is 2.11 bits per heavy atom. The van der Waals surface area contributed by atoms with Crippen LogP contribution in [0.25, 0.3) is 11.1 Å². The third kappa shape index (κ3) is 6.77. The highest BCUT2D eigenvalue weighted by atomic mass is 16.5. The number of nitrogens with one attached hydrogen (secondary N) is 2. The van der Waals surface area contributed by atoms with Gasteiger partial charge in [0.25, 0.3) is 0 Å². The molecule has 3 aromatic rings. The molecule has 0 radical (unpaired) electrons. The zero-order valence-corrected chi connectivity index (χ0v) is 21.1. The third-order valence-corrected chi connectivity index (χ3v) is 6.78. The second-order valence-corrected chi connectivity index (χ2v) is 9.44. The van der Waals surface area contributed by atoms with E-state index < -0.39 is 30.1 Å². The zero-order chi connectivity index (χ0) is 26.9. The van der Waals surface area contributed by atoms with Gasteiger partial charge in [0.15, 0.2) is 0 Å². The lowest BCUT2D eigenvalue weighted by molar-refractivity contribution is -0.142. The van der Waals surface area contributed by atoms with Gasteiger partial charge >= 0.3 is 12.1 Å². The number of unbranched alkanes of at least 4 members (excludes halogenated alkanes) is 1. The second-order valence-electron chi connectivity index (χ2n) is 9.44. The summed E-state index contributed by atoms with van der Waals surface area (Å²) in [5, 5.41) is 14.8. The van der Waals surface area contributed by atoms with Gasteiger partial charge in [-0.2, -0.15) is 0 Å². The maximum Gasteiger partial charge on any atom is 0.407 e. The molecule has 5 N–H and O–H groups in total. The molecule has 3 aromatic carbocycles. The lowest BCUT2D eigenvalue weighted by Crippen LogP contribution is -2.49. The van der Waals surface area contributed by atoms with Crippen molar-refractivity contribution in [2.75, 3.05) is 13.2 Å². The average Bonchev–Trinajstić information content (AvgIpc) is 3.25. The lowest BCUT2D eigenvalue weighted by atomic mass is 9.98. The van der Waals surface area contributed by atoms with E-state index in [-0.39, 0.29) is 18.9 Å². The molecule has 4 rings (SSSR count). The highest BCUT2D eigenvalue weighted by Gasteiger charge is 2.29. The van der Waals surface area contributed by atoms with Crippen molar-refractivity contribution in [3.63, 3.8) is 0 Å². The monoisotopic (exact) mass is 515 g/mol. The van der Waals surface area contributed by atoms with Crippen molar-refractivity contribution in [2.45, 2.75) is 43.7 Å². The fraction of sp³-hybridized carbons (Fsp3) is 0.300. The first-order valence-corrected chi connectivity index (χ1v) is 12.9. The molecule has 2 atom stereocenters. The van der Waals surface area contributed by atoms with E-state index in [9.17, 15) is 19.5 Å². The number of hydrogen-bond acceptors (Lipinski definition) is 5. The molecule has 1 aliphatic rings. The number of hydrogen-bond donors (Lipinski definition) is 4. The van der Waals surface area contributed by atoms with Crippen LogP contribution in [-0.4, -0.2) is 48.3 Å². The van der Waals surface area contributed by atoms with Crippen LogP contribution < -0.4 is 16.4 Å². The summed E-state index contributed by atoms with van der Waals surface area (Å²) in [4.78, 5) is 36.3. The third-order valence-electron chi connectivity index (χ3n) is 6.78. The first kappa shape index (κ1) is 26.9. The Labute approximate surface area is 222 Å². The summed E-state index contributed by atoms with van der Waals surface area (Å²) in [6.07, 6.45) is 1.07. The first-order valence-electron chi connectivity index (χ1n) is 12.9. The maximum atomic E-state index is 12.4. The van der Waals surface area contributed by atoms with Gasteiger partial charge in [-0.05, 0) is 53.5 Å². The van der Waals surface area contributed by atoms with Crippen LogP contribution in [0.3, 0.4) is 0 Å². The van der Waals surface area contributed by atoms with Gasteiger partial charge in [-0.15, -0.1) is 0 Å². The predicted octanol–water partition coefficient (Wildman–Crippen LogP) is 3.83. The minimum absolute atomic E-state index is 0.0126. The Bertz CT molecular complexity index is 1220. The number of benzene rings is 3. The fourth-order valence-electron chi connectivity index (χ4n) is 4.81. The van der Waals surface area contributed by atoms with Gasteiger partial charge in [-0.3, -0.25) is 4.79 Å². The molecule has 0 saturated carbocycles.